The molecule has 0 unspecified atom stereocenters. The number of nitrogens with one attached hydrogen (secondary N) is 1. The van der Waals surface area contributed by atoms with Crippen LogP contribution in [0.25, 0.3) is 11.4 Å². The Hall–Kier alpha value is -2.15. The van der Waals surface area contributed by atoms with Crippen molar-refractivity contribution in [3.8, 4) is 11.4 Å². The van der Waals surface area contributed by atoms with Gasteiger partial charge in [0.2, 0.25) is 0 Å². The summed E-state index contributed by atoms with van der Waals surface area (Å²) in [6.07, 6.45) is 0. The third-order valence-corrected chi connectivity index (χ3v) is 4.12. The van der Waals surface area contributed by atoms with Gasteiger partial charge in [0, 0.05) is 41.8 Å². The number of nitro benzene ring substituents is 1. The molecule has 1 aromatic carbocycles. The third-order valence-electron chi connectivity index (χ3n) is 3.15. The topological polar surface area (TPSA) is 81.0 Å². The van der Waals surface area contributed by atoms with Gasteiger partial charge in [-0.05, 0) is 12.1 Å². The maximum absolute atomic E-state index is 10.7. The van der Waals surface area contributed by atoms with Crippen LogP contribution in [0, 0.1) is 10.1 Å². The van der Waals surface area contributed by atoms with E-state index in [4.69, 9.17) is 0 Å². The zero-order valence-electron chi connectivity index (χ0n) is 10.8. The summed E-state index contributed by atoms with van der Waals surface area (Å²) in [5, 5.41) is 13.8. The van der Waals surface area contributed by atoms with Gasteiger partial charge in [0.15, 0.2) is 5.82 Å². The van der Waals surface area contributed by atoms with Gasteiger partial charge in [-0.1, -0.05) is 0 Å². The Kier molecular flexibility index (Phi) is 3.27. The zero-order valence-corrected chi connectivity index (χ0v) is 11.6. The number of nitro groups is 1. The SMILES string of the molecule is CNc1nc(-c2ccc([N+](=O)[O-])cc2)nc2c1CSC2. The van der Waals surface area contributed by atoms with Gasteiger partial charge in [-0.3, -0.25) is 10.1 Å². The van der Waals surface area contributed by atoms with Crippen LogP contribution in [0.5, 0.6) is 0 Å². The van der Waals surface area contributed by atoms with Gasteiger partial charge in [0.1, 0.15) is 5.82 Å². The van der Waals surface area contributed by atoms with Crippen LogP contribution < -0.4 is 5.32 Å². The molecule has 0 atom stereocenters. The fourth-order valence-electron chi connectivity index (χ4n) is 2.12. The summed E-state index contributed by atoms with van der Waals surface area (Å²) in [5.41, 5.74) is 3.05. The fraction of sp³-hybridized carbons (Fsp3) is 0.231. The lowest BCUT2D eigenvalue weighted by molar-refractivity contribution is -0.384. The maximum Gasteiger partial charge on any atom is 0.269 e. The lowest BCUT2D eigenvalue weighted by Gasteiger charge is -2.08. The predicted molar refractivity (Wildman–Crippen MR) is 78.7 cm³/mol. The number of fused-ring (bicyclic) bond motifs is 1. The maximum atomic E-state index is 10.7. The summed E-state index contributed by atoms with van der Waals surface area (Å²) in [4.78, 5) is 19.3. The standard InChI is InChI=1S/C13H12N4O2S/c1-14-13-10-6-20-7-11(10)15-12(16-13)8-2-4-9(5-3-8)17(18)19/h2-5H,6-7H2,1H3,(H,14,15,16). The number of benzene rings is 1. The average molecular weight is 288 g/mol. The molecule has 6 nitrogen and oxygen atoms in total. The Bertz CT molecular complexity index is 673. The van der Waals surface area contributed by atoms with E-state index in [1.165, 1.54) is 12.1 Å². The van der Waals surface area contributed by atoms with Gasteiger partial charge in [-0.15, -0.1) is 0 Å². The van der Waals surface area contributed by atoms with Gasteiger partial charge in [-0.2, -0.15) is 11.8 Å². The lowest BCUT2D eigenvalue weighted by Crippen LogP contribution is -2.03. The van der Waals surface area contributed by atoms with Gasteiger partial charge < -0.3 is 5.32 Å². The Balaban J connectivity index is 2.04. The molecule has 20 heavy (non-hydrogen) atoms. The molecule has 1 aliphatic rings. The van der Waals surface area contributed by atoms with E-state index in [1.807, 2.05) is 18.8 Å². The van der Waals surface area contributed by atoms with Gasteiger partial charge in [-0.25, -0.2) is 9.97 Å². The van der Waals surface area contributed by atoms with Crippen LogP contribution >= 0.6 is 11.8 Å². The highest BCUT2D eigenvalue weighted by molar-refractivity contribution is 7.98. The normalized spacial score (nSPS) is 13.1. The Morgan fingerprint density at radius 1 is 1.25 bits per heavy atom. The second-order valence-corrected chi connectivity index (χ2v) is 5.35. The minimum absolute atomic E-state index is 0.0688. The van der Waals surface area contributed by atoms with Crippen molar-refractivity contribution >= 4 is 23.3 Å². The molecule has 3 rings (SSSR count). The highest BCUT2D eigenvalue weighted by Crippen LogP contribution is 2.34. The van der Waals surface area contributed by atoms with E-state index in [1.54, 1.807) is 12.1 Å². The number of hydrogen-bond acceptors (Lipinski definition) is 6. The van der Waals surface area contributed by atoms with E-state index in [0.29, 0.717) is 5.82 Å². The van der Waals surface area contributed by atoms with Crippen LogP contribution in [0.2, 0.25) is 0 Å². The number of aromatic nitrogens is 2. The van der Waals surface area contributed by atoms with Crippen molar-refractivity contribution in [3.05, 3.63) is 45.6 Å². The van der Waals surface area contributed by atoms with Crippen molar-refractivity contribution in [1.29, 1.82) is 0 Å². The zero-order chi connectivity index (χ0) is 14.1. The molecule has 1 aliphatic heterocycles. The van der Waals surface area contributed by atoms with Crippen molar-refractivity contribution in [1.82, 2.24) is 9.97 Å². The fourth-order valence-corrected chi connectivity index (χ4v) is 3.16. The van der Waals surface area contributed by atoms with Crippen molar-refractivity contribution in [3.63, 3.8) is 0 Å². The predicted octanol–water partition coefficient (Wildman–Crippen LogP) is 2.84. The van der Waals surface area contributed by atoms with Crippen LogP contribution in [-0.2, 0) is 11.5 Å². The van der Waals surface area contributed by atoms with Gasteiger partial charge in [0.25, 0.3) is 5.69 Å². The number of non-ortho nitro benzene ring substituents is 1. The molecular weight excluding hydrogens is 276 g/mol. The minimum atomic E-state index is -0.414. The van der Waals surface area contributed by atoms with E-state index in [9.17, 15) is 10.1 Å². The molecule has 102 valence electrons. The molecule has 0 radical (unpaired) electrons. The molecule has 0 aliphatic carbocycles. The first-order valence-corrected chi connectivity index (χ1v) is 7.24. The molecule has 0 fully saturated rings. The van der Waals surface area contributed by atoms with E-state index in [2.05, 4.69) is 15.3 Å². The molecule has 0 saturated heterocycles. The summed E-state index contributed by atoms with van der Waals surface area (Å²) in [6, 6.07) is 6.31. The Morgan fingerprint density at radius 2 is 2.00 bits per heavy atom. The number of anilines is 1. The van der Waals surface area contributed by atoms with Crippen molar-refractivity contribution in [2.75, 3.05) is 12.4 Å². The molecule has 2 aromatic rings. The average Bonchev–Trinajstić information content (AvgIpc) is 2.94. The van der Waals surface area contributed by atoms with Crippen LogP contribution in [0.4, 0.5) is 11.5 Å². The molecule has 1 aromatic heterocycles. The summed E-state index contributed by atoms with van der Waals surface area (Å²) >= 11 is 1.81. The van der Waals surface area contributed by atoms with E-state index in [-0.39, 0.29) is 5.69 Å². The van der Waals surface area contributed by atoms with Gasteiger partial charge >= 0.3 is 0 Å². The highest BCUT2D eigenvalue weighted by Gasteiger charge is 2.19. The summed E-state index contributed by atoms with van der Waals surface area (Å²) in [7, 11) is 1.84. The number of hydrogen-bond donors (Lipinski definition) is 1. The minimum Gasteiger partial charge on any atom is -0.373 e. The number of thioether (sulfide) groups is 1. The molecule has 1 N–H and O–H groups in total. The van der Waals surface area contributed by atoms with Crippen LogP contribution in [0.1, 0.15) is 11.3 Å². The quantitative estimate of drug-likeness (QED) is 0.691. The summed E-state index contributed by atoms with van der Waals surface area (Å²) in [6.45, 7) is 0. The highest BCUT2D eigenvalue weighted by atomic mass is 32.2. The van der Waals surface area contributed by atoms with E-state index in [0.717, 1.165) is 34.1 Å². The molecule has 7 heteroatoms. The van der Waals surface area contributed by atoms with E-state index < -0.39 is 4.92 Å². The van der Waals surface area contributed by atoms with Crippen LogP contribution in [0.3, 0.4) is 0 Å². The molecular formula is C13H12N4O2S. The smallest absolute Gasteiger partial charge is 0.269 e. The third kappa shape index (κ3) is 2.20. The second-order valence-electron chi connectivity index (χ2n) is 4.37. The van der Waals surface area contributed by atoms with Crippen molar-refractivity contribution < 1.29 is 4.92 Å². The molecule has 2 heterocycles. The Morgan fingerprint density at radius 3 is 2.65 bits per heavy atom. The molecule has 0 amide bonds. The lowest BCUT2D eigenvalue weighted by atomic mass is 10.1. The van der Waals surface area contributed by atoms with Crippen molar-refractivity contribution in [2.24, 2.45) is 0 Å². The van der Waals surface area contributed by atoms with Crippen LogP contribution in [-0.4, -0.2) is 21.9 Å². The number of nitrogens with zero attached hydrogens (tertiary/aromatic N) is 3. The molecule has 0 bridgehead atoms. The van der Waals surface area contributed by atoms with Crippen LogP contribution in [0.15, 0.2) is 24.3 Å². The summed E-state index contributed by atoms with van der Waals surface area (Å²) < 4.78 is 0. The monoisotopic (exact) mass is 288 g/mol. The van der Waals surface area contributed by atoms with Gasteiger partial charge in [0.05, 0.1) is 10.6 Å². The molecule has 0 spiro atoms. The Labute approximate surface area is 119 Å². The second kappa shape index (κ2) is 5.09. The largest absolute Gasteiger partial charge is 0.373 e. The molecule has 0 saturated carbocycles. The first kappa shape index (κ1) is 12.9. The van der Waals surface area contributed by atoms with Crippen molar-refractivity contribution in [2.45, 2.75) is 11.5 Å². The first-order valence-electron chi connectivity index (χ1n) is 6.09. The summed E-state index contributed by atoms with van der Waals surface area (Å²) in [5.74, 6) is 3.25. The first-order chi connectivity index (χ1) is 9.69. The van der Waals surface area contributed by atoms with E-state index >= 15 is 0 Å². The number of rotatable bonds is 3.